The molecule has 1 unspecified atom stereocenters. The van der Waals surface area contributed by atoms with Crippen molar-refractivity contribution in [3.8, 4) is 0 Å². The second kappa shape index (κ2) is 7.97. The summed E-state index contributed by atoms with van der Waals surface area (Å²) in [5, 5.41) is 0. The van der Waals surface area contributed by atoms with E-state index in [2.05, 4.69) is 44.1 Å². The summed E-state index contributed by atoms with van der Waals surface area (Å²) < 4.78 is 0. The third-order valence-corrected chi connectivity index (χ3v) is 2.40. The molecule has 0 bridgehead atoms. The summed E-state index contributed by atoms with van der Waals surface area (Å²) in [6.07, 6.45) is 3.26. The molecule has 0 aromatic rings. The molecule has 0 fully saturated rings. The molecule has 1 atom stereocenters. The monoisotopic (exact) mass is 199 g/mol. The van der Waals surface area contributed by atoms with Crippen LogP contribution in [0, 0.1) is 0 Å². The summed E-state index contributed by atoms with van der Waals surface area (Å²) in [4.78, 5) is 2.41. The van der Waals surface area contributed by atoms with E-state index in [1.165, 1.54) is 5.57 Å². The van der Waals surface area contributed by atoms with E-state index in [0.29, 0.717) is 6.04 Å². The van der Waals surface area contributed by atoms with Crippen LogP contribution in [0.25, 0.3) is 0 Å². The SMILES string of the molecule is CCN(CC)CCC(C=C(C)C)NN. The van der Waals surface area contributed by atoms with Gasteiger partial charge in [-0.25, -0.2) is 0 Å². The summed E-state index contributed by atoms with van der Waals surface area (Å²) in [6.45, 7) is 11.9. The lowest BCUT2D eigenvalue weighted by Gasteiger charge is -2.20. The summed E-state index contributed by atoms with van der Waals surface area (Å²) in [5.74, 6) is 5.48. The number of hydrogen-bond donors (Lipinski definition) is 2. The van der Waals surface area contributed by atoms with Gasteiger partial charge in [0.25, 0.3) is 0 Å². The molecule has 0 saturated heterocycles. The standard InChI is InChI=1S/C11H25N3/c1-5-14(6-2)8-7-11(13-12)9-10(3)4/h9,11,13H,5-8,12H2,1-4H3. The van der Waals surface area contributed by atoms with Crippen LogP contribution in [0.5, 0.6) is 0 Å². The van der Waals surface area contributed by atoms with Gasteiger partial charge in [0.05, 0.1) is 0 Å². The van der Waals surface area contributed by atoms with E-state index in [1.54, 1.807) is 0 Å². The van der Waals surface area contributed by atoms with Crippen molar-refractivity contribution >= 4 is 0 Å². The lowest BCUT2D eigenvalue weighted by atomic mass is 10.1. The van der Waals surface area contributed by atoms with Gasteiger partial charge in [0.2, 0.25) is 0 Å². The highest BCUT2D eigenvalue weighted by molar-refractivity contribution is 5.00. The van der Waals surface area contributed by atoms with Crippen molar-refractivity contribution in [2.45, 2.75) is 40.2 Å². The molecule has 0 saturated carbocycles. The lowest BCUT2D eigenvalue weighted by molar-refractivity contribution is 0.289. The minimum absolute atomic E-state index is 0.306. The van der Waals surface area contributed by atoms with Gasteiger partial charge >= 0.3 is 0 Å². The van der Waals surface area contributed by atoms with Crippen molar-refractivity contribution in [1.82, 2.24) is 10.3 Å². The zero-order valence-electron chi connectivity index (χ0n) is 10.0. The molecule has 0 rings (SSSR count). The molecule has 0 aliphatic carbocycles. The van der Waals surface area contributed by atoms with Crippen LogP contribution < -0.4 is 11.3 Å². The second-order valence-electron chi connectivity index (χ2n) is 3.83. The van der Waals surface area contributed by atoms with Gasteiger partial charge in [-0.3, -0.25) is 11.3 Å². The maximum absolute atomic E-state index is 5.48. The quantitative estimate of drug-likeness (QED) is 0.371. The van der Waals surface area contributed by atoms with Crippen LogP contribution in [0.15, 0.2) is 11.6 Å². The van der Waals surface area contributed by atoms with E-state index in [9.17, 15) is 0 Å². The normalized spacial score (nSPS) is 13.0. The van der Waals surface area contributed by atoms with Crippen molar-refractivity contribution in [2.24, 2.45) is 5.84 Å². The van der Waals surface area contributed by atoms with E-state index in [0.717, 1.165) is 26.1 Å². The molecule has 0 amide bonds. The van der Waals surface area contributed by atoms with E-state index in [-0.39, 0.29) is 0 Å². The van der Waals surface area contributed by atoms with Crippen molar-refractivity contribution in [3.63, 3.8) is 0 Å². The number of rotatable bonds is 7. The Morgan fingerprint density at radius 3 is 2.29 bits per heavy atom. The van der Waals surface area contributed by atoms with Gasteiger partial charge in [0.15, 0.2) is 0 Å². The Balaban J connectivity index is 3.88. The summed E-state index contributed by atoms with van der Waals surface area (Å²) in [6, 6.07) is 0.306. The molecule has 0 aromatic heterocycles. The maximum atomic E-state index is 5.48. The van der Waals surface area contributed by atoms with Gasteiger partial charge in [-0.05, 0) is 39.9 Å². The molecule has 0 aliphatic rings. The molecule has 0 heterocycles. The molecule has 3 heteroatoms. The van der Waals surface area contributed by atoms with Crippen LogP contribution in [0.3, 0.4) is 0 Å². The molecule has 0 radical (unpaired) electrons. The van der Waals surface area contributed by atoms with E-state index < -0.39 is 0 Å². The first-order chi connectivity index (χ1) is 6.63. The van der Waals surface area contributed by atoms with E-state index >= 15 is 0 Å². The fraction of sp³-hybridized carbons (Fsp3) is 0.818. The molecule has 0 aliphatic heterocycles. The molecular weight excluding hydrogens is 174 g/mol. The van der Waals surface area contributed by atoms with Crippen LogP contribution in [0.4, 0.5) is 0 Å². The molecule has 84 valence electrons. The van der Waals surface area contributed by atoms with Gasteiger partial charge in [0, 0.05) is 6.04 Å². The predicted molar refractivity (Wildman–Crippen MR) is 62.9 cm³/mol. The van der Waals surface area contributed by atoms with Gasteiger partial charge in [-0.1, -0.05) is 25.5 Å². The average Bonchev–Trinajstić information content (AvgIpc) is 2.17. The Labute approximate surface area is 88.3 Å². The highest BCUT2D eigenvalue weighted by atomic mass is 15.2. The lowest BCUT2D eigenvalue weighted by Crippen LogP contribution is -2.37. The van der Waals surface area contributed by atoms with Crippen LogP contribution in [-0.2, 0) is 0 Å². The zero-order valence-corrected chi connectivity index (χ0v) is 10.0. The first kappa shape index (κ1) is 13.6. The average molecular weight is 199 g/mol. The number of hydrogen-bond acceptors (Lipinski definition) is 3. The zero-order chi connectivity index (χ0) is 11.0. The smallest absolute Gasteiger partial charge is 0.0405 e. The molecule has 14 heavy (non-hydrogen) atoms. The fourth-order valence-corrected chi connectivity index (χ4v) is 1.48. The largest absolute Gasteiger partial charge is 0.304 e. The number of nitrogens with two attached hydrogens (primary N) is 1. The highest BCUT2D eigenvalue weighted by Crippen LogP contribution is 2.00. The summed E-state index contributed by atoms with van der Waals surface area (Å²) in [5.41, 5.74) is 4.15. The van der Waals surface area contributed by atoms with E-state index in [1.807, 2.05) is 0 Å². The Morgan fingerprint density at radius 1 is 1.36 bits per heavy atom. The molecule has 0 aromatic carbocycles. The third kappa shape index (κ3) is 6.13. The highest BCUT2D eigenvalue weighted by Gasteiger charge is 2.05. The molecular formula is C11H25N3. The number of hydrazine groups is 1. The van der Waals surface area contributed by atoms with Gasteiger partial charge in [0.1, 0.15) is 0 Å². The second-order valence-corrected chi connectivity index (χ2v) is 3.83. The number of nitrogens with zero attached hydrogens (tertiary/aromatic N) is 1. The van der Waals surface area contributed by atoms with Crippen molar-refractivity contribution in [2.75, 3.05) is 19.6 Å². The van der Waals surface area contributed by atoms with Crippen LogP contribution >= 0.6 is 0 Å². The fourth-order valence-electron chi connectivity index (χ4n) is 1.48. The molecule has 0 spiro atoms. The van der Waals surface area contributed by atoms with E-state index in [4.69, 9.17) is 5.84 Å². The Bertz CT molecular complexity index is 158. The predicted octanol–water partition coefficient (Wildman–Crippen LogP) is 1.52. The van der Waals surface area contributed by atoms with Gasteiger partial charge < -0.3 is 4.90 Å². The van der Waals surface area contributed by atoms with Gasteiger partial charge in [-0.2, -0.15) is 0 Å². The number of nitrogens with one attached hydrogen (secondary N) is 1. The minimum atomic E-state index is 0.306. The number of allylic oxidation sites excluding steroid dienone is 1. The molecule has 3 nitrogen and oxygen atoms in total. The maximum Gasteiger partial charge on any atom is 0.0405 e. The first-order valence-corrected chi connectivity index (χ1v) is 5.47. The van der Waals surface area contributed by atoms with Crippen molar-refractivity contribution < 1.29 is 0 Å². The first-order valence-electron chi connectivity index (χ1n) is 5.47. The van der Waals surface area contributed by atoms with Crippen LogP contribution in [0.2, 0.25) is 0 Å². The van der Waals surface area contributed by atoms with Crippen LogP contribution in [0.1, 0.15) is 34.1 Å². The minimum Gasteiger partial charge on any atom is -0.304 e. The Kier molecular flexibility index (Phi) is 7.76. The van der Waals surface area contributed by atoms with Crippen molar-refractivity contribution in [1.29, 1.82) is 0 Å². The Hall–Kier alpha value is -0.380. The Morgan fingerprint density at radius 2 is 1.93 bits per heavy atom. The third-order valence-electron chi connectivity index (χ3n) is 2.40. The summed E-state index contributed by atoms with van der Waals surface area (Å²) in [7, 11) is 0. The summed E-state index contributed by atoms with van der Waals surface area (Å²) >= 11 is 0. The van der Waals surface area contributed by atoms with Crippen LogP contribution in [-0.4, -0.2) is 30.6 Å². The topological polar surface area (TPSA) is 41.3 Å². The van der Waals surface area contributed by atoms with Crippen molar-refractivity contribution in [3.05, 3.63) is 11.6 Å². The van der Waals surface area contributed by atoms with Gasteiger partial charge in [-0.15, -0.1) is 0 Å². The molecule has 3 N–H and O–H groups in total.